The van der Waals surface area contributed by atoms with E-state index in [2.05, 4.69) is 4.74 Å². The molecule has 0 radical (unpaired) electrons. The molecule has 1 rings (SSSR count). The molecule has 0 aromatic rings. The first-order chi connectivity index (χ1) is 5.52. The van der Waals surface area contributed by atoms with Crippen molar-refractivity contribution in [1.82, 2.24) is 0 Å². The molecule has 1 aliphatic rings. The smallest absolute Gasteiger partial charge is 0.224 e. The largest absolute Gasteiger partial charge is 0.393 e. The molecule has 6 heteroatoms. The summed E-state index contributed by atoms with van der Waals surface area (Å²) in [4.78, 5) is 0. The quantitative estimate of drug-likeness (QED) is 0.306. The maximum Gasteiger partial charge on any atom is 0.224 e. The van der Waals surface area contributed by atoms with Crippen molar-refractivity contribution in [1.29, 1.82) is 0 Å². The van der Waals surface area contributed by atoms with Gasteiger partial charge in [0.15, 0.2) is 0 Å². The van der Waals surface area contributed by atoms with Crippen LogP contribution in [0.5, 0.6) is 0 Å². The maximum atomic E-state index is 9.36. The van der Waals surface area contributed by atoms with Crippen LogP contribution in [0, 0.1) is 0 Å². The molecule has 0 saturated carbocycles. The van der Waals surface area contributed by atoms with E-state index < -0.39 is 30.7 Å². The van der Waals surface area contributed by atoms with Gasteiger partial charge in [-0.15, -0.1) is 0 Å². The average Bonchev–Trinajstić information content (AvgIpc) is 2.33. The lowest BCUT2D eigenvalue weighted by Gasteiger charge is -2.29. The van der Waals surface area contributed by atoms with Crippen LogP contribution in [0.25, 0.3) is 0 Å². The Labute approximate surface area is 68.6 Å². The Balaban J connectivity index is 2.71. The highest BCUT2D eigenvalue weighted by molar-refractivity contribution is 4.94. The van der Waals surface area contributed by atoms with E-state index in [-0.39, 0.29) is 6.61 Å². The lowest BCUT2D eigenvalue weighted by atomic mass is 10.0. The monoisotopic (exact) mass is 180 g/mol. The van der Waals surface area contributed by atoms with Crippen LogP contribution in [0.3, 0.4) is 0 Å². The lowest BCUT2D eigenvalue weighted by molar-refractivity contribution is -0.271. The predicted octanol–water partition coefficient (Wildman–Crippen LogP) is -3.22. The zero-order chi connectivity index (χ0) is 9.35. The topological polar surface area (TPSA) is 110 Å². The van der Waals surface area contributed by atoms with Crippen molar-refractivity contribution >= 4 is 0 Å². The summed E-state index contributed by atoms with van der Waals surface area (Å²) in [6, 6.07) is 0. The molecule has 0 amide bonds. The molecule has 0 aromatic carbocycles. The summed E-state index contributed by atoms with van der Waals surface area (Å²) in [7, 11) is 0. The molecule has 12 heavy (non-hydrogen) atoms. The van der Waals surface area contributed by atoms with Gasteiger partial charge in [-0.3, -0.25) is 0 Å². The fraction of sp³-hybridized carbons (Fsp3) is 1.00. The van der Waals surface area contributed by atoms with E-state index in [0.29, 0.717) is 0 Å². The fourth-order valence-electron chi connectivity index (χ4n) is 1.10. The van der Waals surface area contributed by atoms with Crippen molar-refractivity contribution < 1.29 is 30.3 Å². The van der Waals surface area contributed by atoms with Gasteiger partial charge in [-0.25, -0.2) is 0 Å². The highest BCUT2D eigenvalue weighted by Gasteiger charge is 2.52. The van der Waals surface area contributed by atoms with Crippen molar-refractivity contribution in [2.45, 2.75) is 24.1 Å². The predicted molar refractivity (Wildman–Crippen MR) is 36.0 cm³/mol. The standard InChI is InChI=1S/C6H12O6/c7-1-4(9)6(11)5(10)3(8)2-12-6/h3-5,7-11H,1-2H2/t3-,4-,5-,6+/m1/s1. The highest BCUT2D eigenvalue weighted by atomic mass is 16.7. The molecule has 1 saturated heterocycles. The van der Waals surface area contributed by atoms with E-state index in [1.807, 2.05) is 0 Å². The van der Waals surface area contributed by atoms with Gasteiger partial charge in [0.25, 0.3) is 0 Å². The number of aliphatic hydroxyl groups is 5. The zero-order valence-corrected chi connectivity index (χ0v) is 6.29. The SMILES string of the molecule is OC[C@@H](O)[C@]1(O)OC[C@@H](O)[C@H]1O. The summed E-state index contributed by atoms with van der Waals surface area (Å²) in [5.41, 5.74) is 0. The molecular weight excluding hydrogens is 168 g/mol. The molecule has 4 atom stereocenters. The first kappa shape index (κ1) is 9.85. The van der Waals surface area contributed by atoms with Crippen LogP contribution in [0.1, 0.15) is 0 Å². The van der Waals surface area contributed by atoms with Gasteiger partial charge in [0.05, 0.1) is 13.2 Å². The van der Waals surface area contributed by atoms with E-state index in [0.717, 1.165) is 0 Å². The Hall–Kier alpha value is -0.240. The fourth-order valence-corrected chi connectivity index (χ4v) is 1.10. The second kappa shape index (κ2) is 3.25. The Morgan fingerprint density at radius 3 is 2.42 bits per heavy atom. The zero-order valence-electron chi connectivity index (χ0n) is 6.29. The molecule has 6 nitrogen and oxygen atoms in total. The van der Waals surface area contributed by atoms with Crippen LogP contribution in [-0.2, 0) is 4.74 Å². The molecule has 0 aromatic heterocycles. The Bertz CT molecular complexity index is 162. The summed E-state index contributed by atoms with van der Waals surface area (Å²) in [5, 5.41) is 44.9. The third-order valence-corrected chi connectivity index (χ3v) is 1.92. The first-order valence-electron chi connectivity index (χ1n) is 3.53. The minimum absolute atomic E-state index is 0.269. The summed E-state index contributed by atoms with van der Waals surface area (Å²) in [5.74, 6) is -2.26. The number of hydrogen-bond donors (Lipinski definition) is 5. The van der Waals surface area contributed by atoms with Crippen molar-refractivity contribution in [3.63, 3.8) is 0 Å². The number of ether oxygens (including phenoxy) is 1. The Morgan fingerprint density at radius 1 is 1.50 bits per heavy atom. The van der Waals surface area contributed by atoms with E-state index in [1.54, 1.807) is 0 Å². The summed E-state index contributed by atoms with van der Waals surface area (Å²) < 4.78 is 4.56. The minimum atomic E-state index is -2.26. The van der Waals surface area contributed by atoms with Gasteiger partial charge in [-0.1, -0.05) is 0 Å². The van der Waals surface area contributed by atoms with E-state index in [9.17, 15) is 5.11 Å². The Morgan fingerprint density at radius 2 is 2.08 bits per heavy atom. The van der Waals surface area contributed by atoms with Crippen molar-refractivity contribution in [3.05, 3.63) is 0 Å². The van der Waals surface area contributed by atoms with Crippen LogP contribution < -0.4 is 0 Å². The van der Waals surface area contributed by atoms with Crippen LogP contribution in [0.2, 0.25) is 0 Å². The van der Waals surface area contributed by atoms with E-state index in [4.69, 9.17) is 20.4 Å². The summed E-state index contributed by atoms with van der Waals surface area (Å²) in [6.45, 7) is -1.02. The number of rotatable bonds is 2. The van der Waals surface area contributed by atoms with Crippen LogP contribution in [0.4, 0.5) is 0 Å². The Kier molecular flexibility index (Phi) is 2.67. The lowest BCUT2D eigenvalue weighted by Crippen LogP contribution is -2.53. The third-order valence-electron chi connectivity index (χ3n) is 1.92. The summed E-state index contributed by atoms with van der Waals surface area (Å²) >= 11 is 0. The molecule has 72 valence electrons. The second-order valence-electron chi connectivity index (χ2n) is 2.77. The molecular formula is C6H12O6. The highest BCUT2D eigenvalue weighted by Crippen LogP contribution is 2.27. The maximum absolute atomic E-state index is 9.36. The third kappa shape index (κ3) is 1.33. The normalized spacial score (nSPS) is 44.8. The summed E-state index contributed by atoms with van der Waals surface area (Å²) in [6.07, 6.45) is -4.46. The van der Waals surface area contributed by atoms with Gasteiger partial charge in [0, 0.05) is 0 Å². The van der Waals surface area contributed by atoms with E-state index >= 15 is 0 Å². The van der Waals surface area contributed by atoms with Gasteiger partial charge >= 0.3 is 0 Å². The minimum Gasteiger partial charge on any atom is -0.393 e. The van der Waals surface area contributed by atoms with Gasteiger partial charge in [0.1, 0.15) is 18.3 Å². The number of hydrogen-bond acceptors (Lipinski definition) is 6. The van der Waals surface area contributed by atoms with Crippen LogP contribution in [-0.4, -0.2) is 62.8 Å². The molecule has 1 fully saturated rings. The molecule has 5 N–H and O–H groups in total. The van der Waals surface area contributed by atoms with Crippen LogP contribution in [0.15, 0.2) is 0 Å². The second-order valence-corrected chi connectivity index (χ2v) is 2.77. The molecule has 0 bridgehead atoms. The van der Waals surface area contributed by atoms with Gasteiger partial charge in [0.2, 0.25) is 5.79 Å². The molecule has 1 heterocycles. The molecule has 0 unspecified atom stereocenters. The van der Waals surface area contributed by atoms with Gasteiger partial charge in [-0.05, 0) is 0 Å². The molecule has 0 spiro atoms. The molecule has 1 aliphatic heterocycles. The first-order valence-corrected chi connectivity index (χ1v) is 3.53. The number of aliphatic hydroxyl groups excluding tert-OH is 4. The van der Waals surface area contributed by atoms with Crippen LogP contribution >= 0.6 is 0 Å². The van der Waals surface area contributed by atoms with E-state index in [1.165, 1.54) is 0 Å². The van der Waals surface area contributed by atoms with Crippen molar-refractivity contribution in [2.75, 3.05) is 13.2 Å². The van der Waals surface area contributed by atoms with Crippen molar-refractivity contribution in [3.8, 4) is 0 Å². The van der Waals surface area contributed by atoms with Crippen molar-refractivity contribution in [2.24, 2.45) is 0 Å². The molecule has 0 aliphatic carbocycles. The van der Waals surface area contributed by atoms with Gasteiger partial charge < -0.3 is 30.3 Å². The van der Waals surface area contributed by atoms with Gasteiger partial charge in [-0.2, -0.15) is 0 Å². The average molecular weight is 180 g/mol.